The molecule has 0 bridgehead atoms. The predicted octanol–water partition coefficient (Wildman–Crippen LogP) is 4.94. The van der Waals surface area contributed by atoms with Crippen molar-refractivity contribution in [2.45, 2.75) is 39.0 Å². The fourth-order valence-electron chi connectivity index (χ4n) is 3.30. The van der Waals surface area contributed by atoms with Crippen molar-refractivity contribution in [3.8, 4) is 5.75 Å². The molecular formula is C22H28N2O. The lowest BCUT2D eigenvalue weighted by Crippen LogP contribution is -2.15. The van der Waals surface area contributed by atoms with Gasteiger partial charge in [0, 0.05) is 23.0 Å². The summed E-state index contributed by atoms with van der Waals surface area (Å²) >= 11 is 0. The van der Waals surface area contributed by atoms with E-state index < -0.39 is 0 Å². The summed E-state index contributed by atoms with van der Waals surface area (Å²) in [5.74, 6) is 1.25. The van der Waals surface area contributed by atoms with Crippen LogP contribution in [0.3, 0.4) is 0 Å². The number of benzene rings is 2. The molecule has 3 aromatic rings. The number of aromatic nitrogens is 1. The van der Waals surface area contributed by atoms with Crippen molar-refractivity contribution in [2.75, 3.05) is 13.2 Å². The Bertz CT molecular complexity index is 822. The molecule has 3 nitrogen and oxygen atoms in total. The minimum Gasteiger partial charge on any atom is -0.494 e. The lowest BCUT2D eigenvalue weighted by Gasteiger charge is -2.15. The molecular weight excluding hydrogens is 308 g/mol. The van der Waals surface area contributed by atoms with Crippen LogP contribution in [0.2, 0.25) is 0 Å². The third-order valence-electron chi connectivity index (χ3n) is 4.74. The van der Waals surface area contributed by atoms with E-state index in [4.69, 9.17) is 10.5 Å². The summed E-state index contributed by atoms with van der Waals surface area (Å²) in [6.07, 6.45) is 5.27. The topological polar surface area (TPSA) is 51.0 Å². The monoisotopic (exact) mass is 336 g/mol. The number of aromatic amines is 1. The highest BCUT2D eigenvalue weighted by Crippen LogP contribution is 2.29. The largest absolute Gasteiger partial charge is 0.494 e. The molecule has 1 heterocycles. The second kappa shape index (κ2) is 8.21. The summed E-state index contributed by atoms with van der Waals surface area (Å²) in [4.78, 5) is 3.38. The first kappa shape index (κ1) is 17.6. The molecule has 0 aliphatic carbocycles. The zero-order chi connectivity index (χ0) is 17.6. The van der Waals surface area contributed by atoms with E-state index in [1.165, 1.54) is 27.6 Å². The van der Waals surface area contributed by atoms with Gasteiger partial charge in [-0.15, -0.1) is 0 Å². The number of aryl methyl sites for hydroxylation is 1. The standard InChI is InChI=1S/C22H28N2O/c1-3-4-10-25-19-7-5-6-17(13-19)12-18(14-23)21-15-24-22-9-8-16(2)11-20(21)22/h5-9,11,13,15,18,24H,3-4,10,12,14,23H2,1-2H3. The van der Waals surface area contributed by atoms with Gasteiger partial charge in [-0.3, -0.25) is 0 Å². The predicted molar refractivity (Wildman–Crippen MR) is 105 cm³/mol. The lowest BCUT2D eigenvalue weighted by molar-refractivity contribution is 0.309. The highest BCUT2D eigenvalue weighted by Gasteiger charge is 2.15. The van der Waals surface area contributed by atoms with Crippen molar-refractivity contribution < 1.29 is 4.74 Å². The smallest absolute Gasteiger partial charge is 0.119 e. The Morgan fingerprint density at radius 1 is 1.16 bits per heavy atom. The van der Waals surface area contributed by atoms with Gasteiger partial charge in [0.05, 0.1) is 6.61 Å². The number of H-pyrrole nitrogens is 1. The lowest BCUT2D eigenvalue weighted by atomic mass is 9.91. The van der Waals surface area contributed by atoms with E-state index in [2.05, 4.69) is 61.4 Å². The fraction of sp³-hybridized carbons (Fsp3) is 0.364. The zero-order valence-corrected chi connectivity index (χ0v) is 15.2. The maximum atomic E-state index is 6.13. The van der Waals surface area contributed by atoms with Crippen LogP contribution >= 0.6 is 0 Å². The summed E-state index contributed by atoms with van der Waals surface area (Å²) in [5, 5.41) is 1.28. The molecule has 1 unspecified atom stereocenters. The van der Waals surface area contributed by atoms with Crippen LogP contribution in [0.1, 0.15) is 42.4 Å². The van der Waals surface area contributed by atoms with Gasteiger partial charge in [-0.25, -0.2) is 0 Å². The molecule has 132 valence electrons. The second-order valence-corrected chi connectivity index (χ2v) is 6.78. The van der Waals surface area contributed by atoms with Gasteiger partial charge in [0.2, 0.25) is 0 Å². The van der Waals surface area contributed by atoms with E-state index in [1.54, 1.807) is 0 Å². The third kappa shape index (κ3) is 4.23. The van der Waals surface area contributed by atoms with Gasteiger partial charge >= 0.3 is 0 Å². The molecule has 1 aromatic heterocycles. The van der Waals surface area contributed by atoms with Crippen molar-refractivity contribution in [2.24, 2.45) is 5.73 Å². The quantitative estimate of drug-likeness (QED) is 0.572. The number of rotatable bonds is 8. The van der Waals surface area contributed by atoms with Crippen molar-refractivity contribution >= 4 is 10.9 Å². The average molecular weight is 336 g/mol. The first-order chi connectivity index (χ1) is 12.2. The van der Waals surface area contributed by atoms with Gasteiger partial charge in [0.1, 0.15) is 5.75 Å². The Balaban J connectivity index is 1.80. The number of hydrogen-bond acceptors (Lipinski definition) is 2. The van der Waals surface area contributed by atoms with Crippen LogP contribution < -0.4 is 10.5 Å². The van der Waals surface area contributed by atoms with Crippen LogP contribution in [0.15, 0.2) is 48.7 Å². The molecule has 0 aliphatic rings. The van der Waals surface area contributed by atoms with Crippen LogP contribution in [-0.4, -0.2) is 18.1 Å². The van der Waals surface area contributed by atoms with Gasteiger partial charge in [0.25, 0.3) is 0 Å². The average Bonchev–Trinajstić information content (AvgIpc) is 3.03. The normalized spacial score (nSPS) is 12.4. The van der Waals surface area contributed by atoms with Crippen molar-refractivity contribution in [3.05, 3.63) is 65.4 Å². The van der Waals surface area contributed by atoms with Gasteiger partial charge in [0.15, 0.2) is 0 Å². The summed E-state index contributed by atoms with van der Waals surface area (Å²) in [6.45, 7) is 5.71. The molecule has 0 fully saturated rings. The zero-order valence-electron chi connectivity index (χ0n) is 15.2. The first-order valence-corrected chi connectivity index (χ1v) is 9.20. The van der Waals surface area contributed by atoms with E-state index in [0.29, 0.717) is 12.5 Å². The highest BCUT2D eigenvalue weighted by molar-refractivity contribution is 5.84. The number of hydrogen-bond donors (Lipinski definition) is 2. The molecule has 3 N–H and O–H groups in total. The van der Waals surface area contributed by atoms with Crippen molar-refractivity contribution in [1.82, 2.24) is 4.98 Å². The Hall–Kier alpha value is -2.26. The first-order valence-electron chi connectivity index (χ1n) is 9.20. The van der Waals surface area contributed by atoms with Crippen LogP contribution in [0.25, 0.3) is 10.9 Å². The van der Waals surface area contributed by atoms with E-state index in [9.17, 15) is 0 Å². The summed E-state index contributed by atoms with van der Waals surface area (Å²) in [5.41, 5.74) is 11.2. The van der Waals surface area contributed by atoms with Crippen LogP contribution in [0, 0.1) is 6.92 Å². The van der Waals surface area contributed by atoms with Crippen LogP contribution in [0.4, 0.5) is 0 Å². The van der Waals surface area contributed by atoms with Crippen LogP contribution in [0.5, 0.6) is 5.75 Å². The summed E-state index contributed by atoms with van der Waals surface area (Å²) in [7, 11) is 0. The Kier molecular flexibility index (Phi) is 5.77. The Morgan fingerprint density at radius 3 is 2.84 bits per heavy atom. The Labute approximate surface area is 150 Å². The minimum absolute atomic E-state index is 0.293. The maximum absolute atomic E-state index is 6.13. The second-order valence-electron chi connectivity index (χ2n) is 6.78. The van der Waals surface area contributed by atoms with Gasteiger partial charge in [-0.05, 0) is 61.7 Å². The number of ether oxygens (including phenoxy) is 1. The molecule has 0 spiro atoms. The van der Waals surface area contributed by atoms with Crippen molar-refractivity contribution in [1.29, 1.82) is 0 Å². The molecule has 0 saturated heterocycles. The van der Waals surface area contributed by atoms with Crippen LogP contribution in [-0.2, 0) is 6.42 Å². The SMILES string of the molecule is CCCCOc1cccc(CC(CN)c2c[nH]c3ccc(C)cc23)c1. The fourth-order valence-corrected chi connectivity index (χ4v) is 3.30. The molecule has 0 radical (unpaired) electrons. The van der Waals surface area contributed by atoms with Gasteiger partial charge in [-0.2, -0.15) is 0 Å². The van der Waals surface area contributed by atoms with E-state index >= 15 is 0 Å². The highest BCUT2D eigenvalue weighted by atomic mass is 16.5. The Morgan fingerprint density at radius 2 is 2.04 bits per heavy atom. The van der Waals surface area contributed by atoms with Gasteiger partial charge < -0.3 is 15.5 Å². The molecule has 2 aromatic carbocycles. The van der Waals surface area contributed by atoms with Gasteiger partial charge in [-0.1, -0.05) is 37.1 Å². The number of unbranched alkanes of at least 4 members (excludes halogenated alkanes) is 1. The third-order valence-corrected chi connectivity index (χ3v) is 4.74. The van der Waals surface area contributed by atoms with E-state index in [-0.39, 0.29) is 0 Å². The number of fused-ring (bicyclic) bond motifs is 1. The van der Waals surface area contributed by atoms with Crippen molar-refractivity contribution in [3.63, 3.8) is 0 Å². The molecule has 25 heavy (non-hydrogen) atoms. The molecule has 3 heteroatoms. The molecule has 1 atom stereocenters. The molecule has 3 rings (SSSR count). The number of nitrogens with one attached hydrogen (secondary N) is 1. The number of nitrogens with two attached hydrogens (primary N) is 1. The molecule has 0 amide bonds. The van der Waals surface area contributed by atoms with E-state index in [0.717, 1.165) is 31.6 Å². The molecule has 0 aliphatic heterocycles. The maximum Gasteiger partial charge on any atom is 0.119 e. The molecule has 0 saturated carbocycles. The summed E-state index contributed by atoms with van der Waals surface area (Å²) < 4.78 is 5.84. The minimum atomic E-state index is 0.293. The van der Waals surface area contributed by atoms with E-state index in [1.807, 2.05) is 6.07 Å². The summed E-state index contributed by atoms with van der Waals surface area (Å²) in [6, 6.07) is 14.9.